The fourth-order valence-electron chi connectivity index (χ4n) is 13.7. The monoisotopic (exact) mass is 669 g/mol. The van der Waals surface area contributed by atoms with E-state index in [-0.39, 0.29) is 38.8 Å². The lowest BCUT2D eigenvalue weighted by Gasteiger charge is -2.72. The molecule has 1 aromatic rings. The molecule has 0 spiro atoms. The number of benzene rings is 1. The molecule has 4 saturated carbocycles. The molecule has 5 aliphatic rings. The molecule has 1 aromatic carbocycles. The Kier molecular flexibility index (Phi) is 9.11. The third kappa shape index (κ3) is 5.37. The number of carboxylic acids is 1. The van der Waals surface area contributed by atoms with E-state index in [1.54, 1.807) is 19.1 Å². The van der Waals surface area contributed by atoms with Crippen molar-refractivity contribution in [2.24, 2.45) is 62.6 Å². The number of carboxylic acid groups (broad SMARTS) is 1. The van der Waals surface area contributed by atoms with Gasteiger partial charge in [0.25, 0.3) is 0 Å². The Morgan fingerprint density at radius 2 is 1.55 bits per heavy atom. The van der Waals surface area contributed by atoms with Gasteiger partial charge in [-0.25, -0.2) is 4.79 Å². The van der Waals surface area contributed by atoms with Gasteiger partial charge in [-0.1, -0.05) is 65.0 Å². The van der Waals surface area contributed by atoms with Crippen LogP contribution in [0.2, 0.25) is 0 Å². The molecule has 1 N–H and O–H groups in total. The van der Waals surface area contributed by atoms with E-state index in [2.05, 4.69) is 59.1 Å². The summed E-state index contributed by atoms with van der Waals surface area (Å²) in [4.78, 5) is 41.0. The van der Waals surface area contributed by atoms with E-state index >= 15 is 0 Å². The largest absolute Gasteiger partial charge is 0.478 e. The normalized spacial score (nSPS) is 39.9. The van der Waals surface area contributed by atoms with Crippen LogP contribution in [0.3, 0.4) is 0 Å². The molecule has 49 heavy (non-hydrogen) atoms. The van der Waals surface area contributed by atoms with E-state index in [1.165, 1.54) is 36.8 Å². The molecule has 0 aliphatic heterocycles. The highest BCUT2D eigenvalue weighted by Crippen LogP contribution is 2.78. The quantitative estimate of drug-likeness (QED) is 0.265. The van der Waals surface area contributed by atoms with Crippen molar-refractivity contribution in [3.05, 3.63) is 53.6 Å². The minimum atomic E-state index is -0.882. The fraction of sp³-hybridized carbons (Fsp3) is 0.705. The number of allylic oxidation sites excluding steroid dienone is 3. The van der Waals surface area contributed by atoms with Gasteiger partial charge in [-0.3, -0.25) is 9.59 Å². The number of ketones is 2. The SMILES string of the molecule is C=C(C)[C@@H]1CC[C@]2(C(=O)C[C@@H](CN(C)C)C(C)=O)CC[C@]3(C)[C@H](CC[C@@H]4[C@@]5(C)CC=C(c6ccc(C(=O)O)cc6)C(C)(C)[C@@H]5CC[C@]43C)[C@@H]12. The molecule has 0 saturated heterocycles. The Hall–Kier alpha value is -2.53. The van der Waals surface area contributed by atoms with E-state index < -0.39 is 5.97 Å². The number of rotatable bonds is 9. The van der Waals surface area contributed by atoms with Crippen LogP contribution in [0, 0.1) is 62.6 Å². The van der Waals surface area contributed by atoms with Gasteiger partial charge in [0, 0.05) is 24.3 Å². The predicted molar refractivity (Wildman–Crippen MR) is 198 cm³/mol. The molecule has 0 unspecified atom stereocenters. The topological polar surface area (TPSA) is 74.7 Å². The molecule has 5 heteroatoms. The van der Waals surface area contributed by atoms with Gasteiger partial charge in [-0.2, -0.15) is 0 Å². The van der Waals surface area contributed by atoms with Crippen LogP contribution in [0.4, 0.5) is 0 Å². The summed E-state index contributed by atoms with van der Waals surface area (Å²) in [6.07, 6.45) is 12.7. The summed E-state index contributed by atoms with van der Waals surface area (Å²) in [6.45, 7) is 21.8. The number of fused-ring (bicyclic) bond motifs is 7. The van der Waals surface area contributed by atoms with E-state index in [0.29, 0.717) is 53.9 Å². The van der Waals surface area contributed by atoms with E-state index in [9.17, 15) is 19.5 Å². The lowest BCUT2D eigenvalue weighted by Crippen LogP contribution is -2.66. The zero-order valence-corrected chi connectivity index (χ0v) is 32.0. The van der Waals surface area contributed by atoms with E-state index in [1.807, 2.05) is 26.2 Å². The first-order valence-corrected chi connectivity index (χ1v) is 19.2. The second-order valence-electron chi connectivity index (χ2n) is 19.0. The lowest BCUT2D eigenvalue weighted by atomic mass is 9.32. The van der Waals surface area contributed by atoms with Crippen LogP contribution in [0.5, 0.6) is 0 Å². The van der Waals surface area contributed by atoms with Crippen molar-refractivity contribution in [3.63, 3.8) is 0 Å². The second-order valence-corrected chi connectivity index (χ2v) is 19.0. The minimum absolute atomic E-state index is 0.0265. The average molecular weight is 670 g/mol. The lowest BCUT2D eigenvalue weighted by molar-refractivity contribution is -0.224. The van der Waals surface area contributed by atoms with Gasteiger partial charge in [0.2, 0.25) is 0 Å². The summed E-state index contributed by atoms with van der Waals surface area (Å²) < 4.78 is 0. The number of nitrogens with zero attached hydrogens (tertiary/aromatic N) is 1. The molecule has 5 aliphatic carbocycles. The van der Waals surface area contributed by atoms with Gasteiger partial charge in [0.15, 0.2) is 0 Å². The highest BCUT2D eigenvalue weighted by atomic mass is 16.4. The highest BCUT2D eigenvalue weighted by Gasteiger charge is 2.71. The van der Waals surface area contributed by atoms with Crippen molar-refractivity contribution in [2.75, 3.05) is 20.6 Å². The Morgan fingerprint density at radius 3 is 2.14 bits per heavy atom. The van der Waals surface area contributed by atoms with Crippen molar-refractivity contribution in [1.82, 2.24) is 4.90 Å². The van der Waals surface area contributed by atoms with Gasteiger partial charge in [0.1, 0.15) is 11.6 Å². The minimum Gasteiger partial charge on any atom is -0.478 e. The maximum Gasteiger partial charge on any atom is 0.335 e. The predicted octanol–water partition coefficient (Wildman–Crippen LogP) is 9.76. The van der Waals surface area contributed by atoms with Gasteiger partial charge in [-0.05, 0) is 160 Å². The Morgan fingerprint density at radius 1 is 0.878 bits per heavy atom. The Balaban J connectivity index is 1.34. The number of carbonyl (C=O) groups is 3. The van der Waals surface area contributed by atoms with E-state index in [0.717, 1.165) is 37.7 Å². The molecule has 5 nitrogen and oxygen atoms in total. The smallest absolute Gasteiger partial charge is 0.335 e. The summed E-state index contributed by atoms with van der Waals surface area (Å²) in [5, 5.41) is 9.48. The van der Waals surface area contributed by atoms with Crippen molar-refractivity contribution >= 4 is 23.1 Å². The summed E-state index contributed by atoms with van der Waals surface area (Å²) in [5.74, 6) is 1.68. The first-order valence-electron chi connectivity index (χ1n) is 19.2. The fourth-order valence-corrected chi connectivity index (χ4v) is 13.7. The number of Topliss-reactive ketones (excluding diaryl/α,β-unsaturated/α-hetero) is 2. The summed E-state index contributed by atoms with van der Waals surface area (Å²) in [6, 6.07) is 7.51. The van der Waals surface area contributed by atoms with Crippen LogP contribution < -0.4 is 0 Å². The number of carbonyl (C=O) groups excluding carboxylic acids is 2. The van der Waals surface area contributed by atoms with Gasteiger partial charge < -0.3 is 10.0 Å². The van der Waals surface area contributed by atoms with Crippen molar-refractivity contribution < 1.29 is 19.5 Å². The van der Waals surface area contributed by atoms with Crippen molar-refractivity contribution in [3.8, 4) is 0 Å². The third-order valence-electron chi connectivity index (χ3n) is 16.2. The molecule has 10 atom stereocenters. The number of hydrogen-bond acceptors (Lipinski definition) is 4. The van der Waals surface area contributed by atoms with Crippen LogP contribution in [0.15, 0.2) is 42.5 Å². The zero-order valence-electron chi connectivity index (χ0n) is 32.0. The maximum atomic E-state index is 14.7. The van der Waals surface area contributed by atoms with Gasteiger partial charge >= 0.3 is 5.97 Å². The van der Waals surface area contributed by atoms with E-state index in [4.69, 9.17) is 0 Å². The second kappa shape index (κ2) is 12.3. The average Bonchev–Trinajstić information content (AvgIpc) is 3.42. The molecule has 0 aromatic heterocycles. The van der Waals surface area contributed by atoms with Crippen molar-refractivity contribution in [2.45, 2.75) is 113 Å². The molecule has 268 valence electrons. The maximum absolute atomic E-state index is 14.7. The Labute approximate surface area is 296 Å². The highest BCUT2D eigenvalue weighted by molar-refractivity contribution is 5.91. The summed E-state index contributed by atoms with van der Waals surface area (Å²) >= 11 is 0. The first kappa shape index (κ1) is 36.3. The molecule has 0 amide bonds. The standard InChI is InChI=1S/C44H63NO4/c1-27(2)32-17-22-44(37(47)25-31(28(3)46)26-45(9)10)24-23-42(7)34(38(32)44)15-16-36-41(6)20-18-33(29-11-13-30(14-12-29)39(48)49)40(4,5)35(41)19-21-43(36,42)8/h11-14,18,31-32,34-36,38H,1,15-17,19-26H2,2-10H3,(H,48,49)/t31-,32-,34+,35-,36+,38+,41-,42+,43+,44+/m0/s1. The van der Waals surface area contributed by atoms with Crippen LogP contribution in [0.25, 0.3) is 5.57 Å². The molecule has 0 bridgehead atoms. The van der Waals surface area contributed by atoms with Gasteiger partial charge in [0.05, 0.1) is 5.56 Å². The molecule has 0 heterocycles. The van der Waals surface area contributed by atoms with Crippen LogP contribution in [-0.4, -0.2) is 48.2 Å². The third-order valence-corrected chi connectivity index (χ3v) is 16.2. The van der Waals surface area contributed by atoms with Crippen LogP contribution >= 0.6 is 0 Å². The van der Waals surface area contributed by atoms with Crippen LogP contribution in [-0.2, 0) is 9.59 Å². The summed E-state index contributed by atoms with van der Waals surface area (Å²) in [5.41, 5.74) is 4.22. The Bertz CT molecular complexity index is 1550. The van der Waals surface area contributed by atoms with Crippen molar-refractivity contribution in [1.29, 1.82) is 0 Å². The molecule has 4 fully saturated rings. The van der Waals surface area contributed by atoms with Crippen LogP contribution in [0.1, 0.15) is 129 Å². The number of aromatic carboxylic acids is 1. The summed E-state index contributed by atoms with van der Waals surface area (Å²) in [7, 11) is 3.99. The zero-order chi connectivity index (χ0) is 35.9. The molecular weight excluding hydrogens is 606 g/mol. The molecule has 0 radical (unpaired) electrons. The first-order chi connectivity index (χ1) is 22.8. The van der Waals surface area contributed by atoms with Gasteiger partial charge in [-0.15, -0.1) is 0 Å². The molecular formula is C44H63NO4. The molecule has 6 rings (SSSR count). The number of hydrogen-bond donors (Lipinski definition) is 1.